The summed E-state index contributed by atoms with van der Waals surface area (Å²) in [6.45, 7) is 6.39. The van der Waals surface area contributed by atoms with Crippen molar-refractivity contribution in [3.63, 3.8) is 0 Å². The molecule has 2 heterocycles. The molecule has 6 nitrogen and oxygen atoms in total. The lowest BCUT2D eigenvalue weighted by molar-refractivity contribution is -0.132. The van der Waals surface area contributed by atoms with Gasteiger partial charge in [-0.1, -0.05) is 87.5 Å². The van der Waals surface area contributed by atoms with Crippen molar-refractivity contribution in [2.24, 2.45) is 5.10 Å². The molecule has 5 rings (SSSR count). The van der Waals surface area contributed by atoms with Gasteiger partial charge in [-0.2, -0.15) is 10.4 Å². The molecule has 1 unspecified atom stereocenters. The molecule has 0 fully saturated rings. The molecule has 0 bridgehead atoms. The van der Waals surface area contributed by atoms with Crippen molar-refractivity contribution >= 4 is 23.4 Å². The Bertz CT molecular complexity index is 1580. The molecule has 4 aromatic rings. The third-order valence-electron chi connectivity index (χ3n) is 6.75. The first kappa shape index (κ1) is 25.7. The van der Waals surface area contributed by atoms with E-state index in [0.717, 1.165) is 39.6 Å². The number of aliphatic carboxylic acids is 1. The van der Waals surface area contributed by atoms with Gasteiger partial charge in [0, 0.05) is 11.8 Å². The number of carbonyl (C=O) groups is 1. The molecule has 1 aliphatic rings. The van der Waals surface area contributed by atoms with Crippen LogP contribution in [0.4, 0.5) is 5.69 Å². The molecule has 39 heavy (non-hydrogen) atoms. The Morgan fingerprint density at radius 2 is 1.59 bits per heavy atom. The predicted octanol–water partition coefficient (Wildman–Crippen LogP) is 7.59. The molecule has 0 radical (unpaired) electrons. The van der Waals surface area contributed by atoms with Gasteiger partial charge >= 0.3 is 5.97 Å². The van der Waals surface area contributed by atoms with Gasteiger partial charge < -0.3 is 9.52 Å². The lowest BCUT2D eigenvalue weighted by atomic mass is 9.94. The smallest absolute Gasteiger partial charge is 0.346 e. The van der Waals surface area contributed by atoms with E-state index in [1.165, 1.54) is 6.08 Å². The van der Waals surface area contributed by atoms with E-state index in [-0.39, 0.29) is 17.0 Å². The van der Waals surface area contributed by atoms with Crippen molar-refractivity contribution in [1.82, 2.24) is 0 Å². The summed E-state index contributed by atoms with van der Waals surface area (Å²) in [4.78, 5) is 11.2. The number of anilines is 1. The first-order chi connectivity index (χ1) is 18.7. The second-order valence-corrected chi connectivity index (χ2v) is 10.6. The zero-order chi connectivity index (χ0) is 27.6. The average Bonchev–Trinajstić information content (AvgIpc) is 3.61. The van der Waals surface area contributed by atoms with Crippen LogP contribution in [0.25, 0.3) is 17.2 Å². The van der Waals surface area contributed by atoms with Crippen molar-refractivity contribution < 1.29 is 14.3 Å². The lowest BCUT2D eigenvalue weighted by Crippen LogP contribution is -2.18. The van der Waals surface area contributed by atoms with E-state index in [0.29, 0.717) is 12.0 Å². The van der Waals surface area contributed by atoms with Crippen LogP contribution in [0.3, 0.4) is 0 Å². The minimum atomic E-state index is -1.24. The third kappa shape index (κ3) is 5.53. The highest BCUT2D eigenvalue weighted by molar-refractivity contribution is 6.03. The fourth-order valence-corrected chi connectivity index (χ4v) is 4.60. The highest BCUT2D eigenvalue weighted by Crippen LogP contribution is 2.39. The van der Waals surface area contributed by atoms with Crippen molar-refractivity contribution in [1.29, 1.82) is 5.26 Å². The summed E-state index contributed by atoms with van der Waals surface area (Å²) in [5.74, 6) is 0.533. The number of carboxylic acid groups (broad SMARTS) is 1. The summed E-state index contributed by atoms with van der Waals surface area (Å²) in [7, 11) is 0. The molecule has 0 saturated heterocycles. The van der Waals surface area contributed by atoms with Gasteiger partial charge in [0.1, 0.15) is 29.2 Å². The Balaban J connectivity index is 1.48. The normalized spacial score (nSPS) is 15.6. The summed E-state index contributed by atoms with van der Waals surface area (Å²) in [5, 5.41) is 25.2. The van der Waals surface area contributed by atoms with Crippen molar-refractivity contribution in [2.75, 3.05) is 5.01 Å². The molecule has 0 spiro atoms. The zero-order valence-corrected chi connectivity index (χ0v) is 22.1. The Morgan fingerprint density at radius 1 is 0.949 bits per heavy atom. The average molecular weight is 516 g/mol. The Morgan fingerprint density at radius 3 is 2.18 bits per heavy atom. The van der Waals surface area contributed by atoms with E-state index in [1.807, 2.05) is 47.5 Å². The minimum Gasteiger partial charge on any atom is -0.477 e. The largest absolute Gasteiger partial charge is 0.477 e. The van der Waals surface area contributed by atoms with E-state index < -0.39 is 5.97 Å². The van der Waals surface area contributed by atoms with Crippen LogP contribution < -0.4 is 5.01 Å². The molecule has 0 aliphatic carbocycles. The third-order valence-corrected chi connectivity index (χ3v) is 6.75. The first-order valence-electron chi connectivity index (χ1n) is 12.8. The van der Waals surface area contributed by atoms with Crippen LogP contribution >= 0.6 is 0 Å². The van der Waals surface area contributed by atoms with E-state index in [2.05, 4.69) is 57.2 Å². The number of carboxylic acids is 1. The van der Waals surface area contributed by atoms with Crippen LogP contribution in [0.15, 0.2) is 106 Å². The number of nitrogens with zero attached hydrogens (tertiary/aromatic N) is 3. The quantitative estimate of drug-likeness (QED) is 0.211. The van der Waals surface area contributed by atoms with Gasteiger partial charge in [-0.05, 0) is 52.6 Å². The van der Waals surface area contributed by atoms with Gasteiger partial charge in [0.15, 0.2) is 0 Å². The number of nitriles is 1. The Hall–Kier alpha value is -4.89. The zero-order valence-electron chi connectivity index (χ0n) is 22.1. The summed E-state index contributed by atoms with van der Waals surface area (Å²) < 4.78 is 6.35. The molecular formula is C33H29N3O3. The monoisotopic (exact) mass is 515 g/mol. The number of benzene rings is 3. The molecule has 0 saturated carbocycles. The maximum atomic E-state index is 11.2. The van der Waals surface area contributed by atoms with Crippen LogP contribution in [-0.2, 0) is 10.2 Å². The van der Waals surface area contributed by atoms with Crippen LogP contribution in [0.1, 0.15) is 55.9 Å². The van der Waals surface area contributed by atoms with Crippen LogP contribution in [0, 0.1) is 11.3 Å². The highest BCUT2D eigenvalue weighted by Gasteiger charge is 2.33. The molecule has 1 N–H and O–H groups in total. The molecule has 0 amide bonds. The van der Waals surface area contributed by atoms with Gasteiger partial charge in [-0.25, -0.2) is 4.79 Å². The minimum absolute atomic E-state index is 0.107. The maximum Gasteiger partial charge on any atom is 0.346 e. The van der Waals surface area contributed by atoms with Gasteiger partial charge in [-0.15, -0.1) is 0 Å². The topological polar surface area (TPSA) is 89.8 Å². The van der Waals surface area contributed by atoms with E-state index in [9.17, 15) is 4.79 Å². The van der Waals surface area contributed by atoms with Gasteiger partial charge in [0.05, 0.1) is 11.4 Å². The second kappa shape index (κ2) is 10.5. The molecule has 1 aliphatic heterocycles. The van der Waals surface area contributed by atoms with E-state index in [1.54, 1.807) is 18.2 Å². The summed E-state index contributed by atoms with van der Waals surface area (Å²) in [5.41, 5.74) is 5.30. The van der Waals surface area contributed by atoms with E-state index in [4.69, 9.17) is 19.9 Å². The van der Waals surface area contributed by atoms with Crippen molar-refractivity contribution in [3.05, 3.63) is 119 Å². The molecule has 1 atom stereocenters. The number of furan rings is 1. The molecule has 1 aromatic heterocycles. The first-order valence-corrected chi connectivity index (χ1v) is 12.8. The van der Waals surface area contributed by atoms with Crippen molar-refractivity contribution in [3.8, 4) is 17.2 Å². The summed E-state index contributed by atoms with van der Waals surface area (Å²) in [6.07, 6.45) is 2.01. The Labute approximate surface area is 228 Å². The van der Waals surface area contributed by atoms with Gasteiger partial charge in [0.25, 0.3) is 0 Å². The highest BCUT2D eigenvalue weighted by atomic mass is 16.4. The summed E-state index contributed by atoms with van der Waals surface area (Å²) in [6, 6.07) is 31.7. The van der Waals surface area contributed by atoms with Gasteiger partial charge in [-0.3, -0.25) is 5.01 Å². The standard InChI is InChI=1S/C33H29N3O3/c1-33(2,3)31-18-17-30(39-31)29-20-28(25-11-9-22(10-12-25)19-26(21-34)32(37)38)35-36(29)27-15-13-24(14-16-27)23-7-5-4-6-8-23/h4-19,29H,20H2,1-3H3,(H,37,38)/b26-19-. The fourth-order valence-electron chi connectivity index (χ4n) is 4.60. The second-order valence-electron chi connectivity index (χ2n) is 10.6. The predicted molar refractivity (Wildman–Crippen MR) is 153 cm³/mol. The molecule has 194 valence electrons. The molecule has 6 heteroatoms. The number of hydrogen-bond donors (Lipinski definition) is 1. The lowest BCUT2D eigenvalue weighted by Gasteiger charge is -2.23. The maximum absolute atomic E-state index is 11.2. The van der Waals surface area contributed by atoms with Crippen LogP contribution in [0.5, 0.6) is 0 Å². The number of hydrogen-bond acceptors (Lipinski definition) is 5. The van der Waals surface area contributed by atoms with Gasteiger partial charge in [0.2, 0.25) is 0 Å². The molecular weight excluding hydrogens is 486 g/mol. The number of hydrazone groups is 1. The summed E-state index contributed by atoms with van der Waals surface area (Å²) >= 11 is 0. The van der Waals surface area contributed by atoms with Crippen LogP contribution in [0.2, 0.25) is 0 Å². The van der Waals surface area contributed by atoms with Crippen LogP contribution in [-0.4, -0.2) is 16.8 Å². The van der Waals surface area contributed by atoms with E-state index >= 15 is 0 Å². The molecule has 3 aromatic carbocycles. The Kier molecular flexibility index (Phi) is 6.91. The fraction of sp³-hybridized carbons (Fsp3) is 0.182. The van der Waals surface area contributed by atoms with Crippen molar-refractivity contribution in [2.45, 2.75) is 38.6 Å². The SMILES string of the molecule is CC(C)(C)c1ccc(C2CC(c3ccc(/C=C(/C#N)C(=O)O)cc3)=NN2c2ccc(-c3ccccc3)cc2)o1. The number of rotatable bonds is 6.